The Morgan fingerprint density at radius 1 is 1.23 bits per heavy atom. The Kier molecular flexibility index (Phi) is 3.75. The quantitative estimate of drug-likeness (QED) is 0.645. The van der Waals surface area contributed by atoms with Crippen molar-refractivity contribution in [1.29, 1.82) is 0 Å². The van der Waals surface area contributed by atoms with E-state index in [1.165, 1.54) is 23.1 Å². The summed E-state index contributed by atoms with van der Waals surface area (Å²) in [6.45, 7) is 8.46. The third-order valence-electron chi connectivity index (χ3n) is 2.34. The number of hydrogen-bond donors (Lipinski definition) is 0. The molecule has 0 saturated carbocycles. The van der Waals surface area contributed by atoms with Crippen molar-refractivity contribution in [2.75, 3.05) is 0 Å². The lowest BCUT2D eigenvalue weighted by molar-refractivity contribution is 0.917. The van der Waals surface area contributed by atoms with Gasteiger partial charge in [0, 0.05) is 0 Å². The Hall–Kier alpha value is -1.04. The average Bonchev–Trinajstić information content (AvgIpc) is 2.18. The Labute approximate surface area is 81.3 Å². The van der Waals surface area contributed by atoms with Crippen LogP contribution in [0.4, 0.5) is 0 Å². The standard InChI is InChI=1S/C13H18/c1-4-8-12-9-6-7-10-13(12)11(3)5-2/h6-7,9-10H,3-5,8H2,1-2H3. The van der Waals surface area contributed by atoms with E-state index in [0.717, 1.165) is 12.8 Å². The zero-order chi connectivity index (χ0) is 9.68. The van der Waals surface area contributed by atoms with Crippen LogP contribution in [0.25, 0.3) is 5.57 Å². The fourth-order valence-corrected chi connectivity index (χ4v) is 1.54. The molecule has 0 N–H and O–H groups in total. The Balaban J connectivity index is 2.97. The lowest BCUT2D eigenvalue weighted by atomic mass is 9.96. The molecule has 1 aromatic carbocycles. The van der Waals surface area contributed by atoms with Crippen LogP contribution in [0.1, 0.15) is 37.8 Å². The predicted octanol–water partition coefficient (Wildman–Crippen LogP) is 4.06. The molecule has 0 aliphatic carbocycles. The second-order valence-corrected chi connectivity index (χ2v) is 3.36. The highest BCUT2D eigenvalue weighted by atomic mass is 14.1. The first-order chi connectivity index (χ1) is 6.29. The van der Waals surface area contributed by atoms with Gasteiger partial charge in [0.05, 0.1) is 0 Å². The van der Waals surface area contributed by atoms with Crippen LogP contribution in [-0.4, -0.2) is 0 Å². The van der Waals surface area contributed by atoms with Gasteiger partial charge in [-0.05, 0) is 29.5 Å². The van der Waals surface area contributed by atoms with Crippen molar-refractivity contribution in [3.63, 3.8) is 0 Å². The summed E-state index contributed by atoms with van der Waals surface area (Å²) in [5.41, 5.74) is 4.05. The highest BCUT2D eigenvalue weighted by molar-refractivity contribution is 5.66. The Morgan fingerprint density at radius 2 is 1.92 bits per heavy atom. The molecule has 0 fully saturated rings. The van der Waals surface area contributed by atoms with Crippen LogP contribution in [-0.2, 0) is 6.42 Å². The molecule has 70 valence electrons. The number of aryl methyl sites for hydroxylation is 1. The van der Waals surface area contributed by atoms with E-state index < -0.39 is 0 Å². The molecule has 0 spiro atoms. The van der Waals surface area contributed by atoms with Gasteiger partial charge in [-0.15, -0.1) is 0 Å². The molecule has 0 heteroatoms. The maximum absolute atomic E-state index is 4.09. The minimum absolute atomic E-state index is 1.04. The summed E-state index contributed by atoms with van der Waals surface area (Å²) in [6.07, 6.45) is 3.41. The minimum Gasteiger partial charge on any atom is -0.0952 e. The van der Waals surface area contributed by atoms with Gasteiger partial charge < -0.3 is 0 Å². The van der Waals surface area contributed by atoms with Gasteiger partial charge in [-0.1, -0.05) is 51.1 Å². The maximum atomic E-state index is 4.09. The van der Waals surface area contributed by atoms with Crippen LogP contribution in [0.15, 0.2) is 30.8 Å². The van der Waals surface area contributed by atoms with E-state index in [2.05, 4.69) is 44.7 Å². The van der Waals surface area contributed by atoms with Crippen LogP contribution in [0.3, 0.4) is 0 Å². The van der Waals surface area contributed by atoms with E-state index >= 15 is 0 Å². The van der Waals surface area contributed by atoms with Crippen LogP contribution < -0.4 is 0 Å². The molecule has 0 nitrogen and oxygen atoms in total. The van der Waals surface area contributed by atoms with E-state index in [-0.39, 0.29) is 0 Å². The molecule has 0 radical (unpaired) electrons. The fraction of sp³-hybridized carbons (Fsp3) is 0.385. The van der Waals surface area contributed by atoms with Gasteiger partial charge in [-0.3, -0.25) is 0 Å². The number of hydrogen-bond acceptors (Lipinski definition) is 0. The second-order valence-electron chi connectivity index (χ2n) is 3.36. The van der Waals surface area contributed by atoms with Gasteiger partial charge in [0.2, 0.25) is 0 Å². The highest BCUT2D eigenvalue weighted by Crippen LogP contribution is 2.21. The first-order valence-electron chi connectivity index (χ1n) is 5.05. The van der Waals surface area contributed by atoms with Crippen molar-refractivity contribution < 1.29 is 0 Å². The molecule has 0 atom stereocenters. The monoisotopic (exact) mass is 174 g/mol. The number of allylic oxidation sites excluding steroid dienone is 1. The fourth-order valence-electron chi connectivity index (χ4n) is 1.54. The smallest absolute Gasteiger partial charge is 0.0198 e. The van der Waals surface area contributed by atoms with Crippen molar-refractivity contribution in [2.45, 2.75) is 33.1 Å². The molecule has 0 unspecified atom stereocenters. The SMILES string of the molecule is C=C(CC)c1ccccc1CCC. The largest absolute Gasteiger partial charge is 0.0952 e. The zero-order valence-electron chi connectivity index (χ0n) is 8.64. The summed E-state index contributed by atoms with van der Waals surface area (Å²) in [5, 5.41) is 0. The van der Waals surface area contributed by atoms with Gasteiger partial charge >= 0.3 is 0 Å². The molecule has 13 heavy (non-hydrogen) atoms. The van der Waals surface area contributed by atoms with E-state index in [1.54, 1.807) is 0 Å². The summed E-state index contributed by atoms with van der Waals surface area (Å²) in [4.78, 5) is 0. The lowest BCUT2D eigenvalue weighted by Crippen LogP contribution is -1.91. The topological polar surface area (TPSA) is 0 Å². The van der Waals surface area contributed by atoms with E-state index in [0.29, 0.717) is 0 Å². The average molecular weight is 174 g/mol. The molecule has 0 heterocycles. The van der Waals surface area contributed by atoms with Crippen molar-refractivity contribution in [3.05, 3.63) is 42.0 Å². The maximum Gasteiger partial charge on any atom is -0.0198 e. The van der Waals surface area contributed by atoms with Crippen LogP contribution in [0, 0.1) is 0 Å². The van der Waals surface area contributed by atoms with E-state index in [1.807, 2.05) is 0 Å². The van der Waals surface area contributed by atoms with Gasteiger partial charge in [-0.2, -0.15) is 0 Å². The molecule has 0 saturated heterocycles. The second kappa shape index (κ2) is 4.86. The van der Waals surface area contributed by atoms with Crippen LogP contribution in [0.5, 0.6) is 0 Å². The molecule has 0 aromatic heterocycles. The van der Waals surface area contributed by atoms with Crippen LogP contribution >= 0.6 is 0 Å². The summed E-state index contributed by atoms with van der Waals surface area (Å²) in [7, 11) is 0. The van der Waals surface area contributed by atoms with Crippen LogP contribution in [0.2, 0.25) is 0 Å². The molecule has 1 rings (SSSR count). The third kappa shape index (κ3) is 2.45. The normalized spacial score (nSPS) is 10.0. The van der Waals surface area contributed by atoms with E-state index in [4.69, 9.17) is 0 Å². The molecular formula is C13H18. The first-order valence-corrected chi connectivity index (χ1v) is 5.05. The predicted molar refractivity (Wildman–Crippen MR) is 59.8 cm³/mol. The Morgan fingerprint density at radius 3 is 2.54 bits per heavy atom. The summed E-state index contributed by atoms with van der Waals surface area (Å²) < 4.78 is 0. The third-order valence-corrected chi connectivity index (χ3v) is 2.34. The zero-order valence-corrected chi connectivity index (χ0v) is 8.64. The van der Waals surface area contributed by atoms with Crippen molar-refractivity contribution >= 4 is 5.57 Å². The molecular weight excluding hydrogens is 156 g/mol. The first kappa shape index (κ1) is 10.0. The van der Waals surface area contributed by atoms with Crippen molar-refractivity contribution in [1.82, 2.24) is 0 Å². The minimum atomic E-state index is 1.04. The number of benzene rings is 1. The molecule has 1 aromatic rings. The van der Waals surface area contributed by atoms with Gasteiger partial charge in [-0.25, -0.2) is 0 Å². The Bertz CT molecular complexity index is 284. The lowest BCUT2D eigenvalue weighted by Gasteiger charge is -2.09. The van der Waals surface area contributed by atoms with Gasteiger partial charge in [0.25, 0.3) is 0 Å². The highest BCUT2D eigenvalue weighted by Gasteiger charge is 2.01. The summed E-state index contributed by atoms with van der Waals surface area (Å²) in [5.74, 6) is 0. The molecule has 0 bridgehead atoms. The molecule has 0 amide bonds. The summed E-state index contributed by atoms with van der Waals surface area (Å²) in [6, 6.07) is 8.59. The van der Waals surface area contributed by atoms with Crippen molar-refractivity contribution in [2.24, 2.45) is 0 Å². The van der Waals surface area contributed by atoms with Gasteiger partial charge in [0.1, 0.15) is 0 Å². The van der Waals surface area contributed by atoms with Crippen molar-refractivity contribution in [3.8, 4) is 0 Å². The molecule has 0 aliphatic rings. The van der Waals surface area contributed by atoms with E-state index in [9.17, 15) is 0 Å². The number of rotatable bonds is 4. The van der Waals surface area contributed by atoms with Gasteiger partial charge in [0.15, 0.2) is 0 Å². The molecule has 0 aliphatic heterocycles. The summed E-state index contributed by atoms with van der Waals surface area (Å²) >= 11 is 0.